The van der Waals surface area contributed by atoms with E-state index in [1.165, 1.54) is 0 Å². The summed E-state index contributed by atoms with van der Waals surface area (Å²) in [6, 6.07) is 0. The van der Waals surface area contributed by atoms with Crippen LogP contribution in [0.5, 0.6) is 0 Å². The lowest BCUT2D eigenvalue weighted by atomic mass is 9.78. The Morgan fingerprint density at radius 2 is 1.12 bits per heavy atom. The molecule has 0 aromatic heterocycles. The summed E-state index contributed by atoms with van der Waals surface area (Å²) in [5, 5.41) is 0. The number of hydrogen-bond acceptors (Lipinski definition) is 4. The summed E-state index contributed by atoms with van der Waals surface area (Å²) in [5.41, 5.74) is 1.11. The van der Waals surface area contributed by atoms with Crippen molar-refractivity contribution in [2.45, 2.75) is 91.9 Å². The second-order valence-electron chi connectivity index (χ2n) is 7.60. The van der Waals surface area contributed by atoms with Crippen LogP contribution in [0.1, 0.15) is 91.9 Å². The standard InChI is InChI=1S/C22H38O4/c1-5-7-9-11-15-25-21(23)19-17(3)13-14-18(4)20(19)22(24)26-16-12-10-8-6-2/h17-18H,5-16H2,1-4H3. The monoisotopic (exact) mass is 366 g/mol. The zero-order valence-corrected chi connectivity index (χ0v) is 17.3. The van der Waals surface area contributed by atoms with Crippen LogP contribution in [0.4, 0.5) is 0 Å². The number of ether oxygens (including phenoxy) is 2. The average Bonchev–Trinajstić information content (AvgIpc) is 2.62. The number of carbonyl (C=O) groups excluding carboxylic acids is 2. The number of esters is 2. The Balaban J connectivity index is 2.70. The van der Waals surface area contributed by atoms with Crippen molar-refractivity contribution in [3.05, 3.63) is 11.1 Å². The SMILES string of the molecule is CCCCCCOC(=O)C1=C(C(=O)OCCCCCC)C(C)CCC1C. The van der Waals surface area contributed by atoms with Gasteiger partial charge in [-0.2, -0.15) is 0 Å². The molecule has 0 heterocycles. The highest BCUT2D eigenvalue weighted by molar-refractivity contribution is 6.01. The van der Waals surface area contributed by atoms with E-state index in [0.29, 0.717) is 24.4 Å². The molecule has 2 unspecified atom stereocenters. The van der Waals surface area contributed by atoms with Crippen LogP contribution in [0, 0.1) is 11.8 Å². The largest absolute Gasteiger partial charge is 0.462 e. The van der Waals surface area contributed by atoms with Gasteiger partial charge in [-0.1, -0.05) is 66.2 Å². The first-order chi connectivity index (χ1) is 12.5. The maximum Gasteiger partial charge on any atom is 0.334 e. The molecule has 0 bridgehead atoms. The smallest absolute Gasteiger partial charge is 0.334 e. The molecular formula is C22H38O4. The van der Waals surface area contributed by atoms with Gasteiger partial charge in [0.2, 0.25) is 0 Å². The molecule has 4 nitrogen and oxygen atoms in total. The third-order valence-electron chi connectivity index (χ3n) is 5.21. The second kappa shape index (κ2) is 12.9. The quantitative estimate of drug-likeness (QED) is 0.333. The molecule has 2 atom stereocenters. The van der Waals surface area contributed by atoms with Crippen molar-refractivity contribution in [1.29, 1.82) is 0 Å². The van der Waals surface area contributed by atoms with Crippen LogP contribution in [0.2, 0.25) is 0 Å². The maximum atomic E-state index is 12.6. The normalized spacial score (nSPS) is 20.2. The first kappa shape index (κ1) is 22.7. The van der Waals surface area contributed by atoms with E-state index in [4.69, 9.17) is 9.47 Å². The lowest BCUT2D eigenvalue weighted by molar-refractivity contribution is -0.143. The summed E-state index contributed by atoms with van der Waals surface area (Å²) < 4.78 is 11.0. The number of carbonyl (C=O) groups is 2. The highest BCUT2D eigenvalue weighted by Crippen LogP contribution is 2.35. The van der Waals surface area contributed by atoms with Crippen LogP contribution >= 0.6 is 0 Å². The molecule has 0 fully saturated rings. The third-order valence-corrected chi connectivity index (χ3v) is 5.21. The van der Waals surface area contributed by atoms with Gasteiger partial charge in [-0.05, 0) is 37.5 Å². The molecule has 0 spiro atoms. The molecule has 1 aliphatic rings. The second-order valence-corrected chi connectivity index (χ2v) is 7.60. The Kier molecular flexibility index (Phi) is 11.3. The van der Waals surface area contributed by atoms with E-state index < -0.39 is 0 Å². The molecule has 1 aliphatic carbocycles. The van der Waals surface area contributed by atoms with Gasteiger partial charge in [0.25, 0.3) is 0 Å². The van der Waals surface area contributed by atoms with Gasteiger partial charge in [-0.3, -0.25) is 0 Å². The van der Waals surface area contributed by atoms with Gasteiger partial charge in [0.05, 0.1) is 24.4 Å². The number of rotatable bonds is 12. The molecule has 0 N–H and O–H groups in total. The van der Waals surface area contributed by atoms with E-state index in [-0.39, 0.29) is 23.8 Å². The van der Waals surface area contributed by atoms with Gasteiger partial charge >= 0.3 is 11.9 Å². The first-order valence-corrected chi connectivity index (χ1v) is 10.6. The van der Waals surface area contributed by atoms with Gasteiger partial charge in [0.1, 0.15) is 0 Å². The Hall–Kier alpha value is -1.32. The van der Waals surface area contributed by atoms with Crippen LogP contribution in [0.15, 0.2) is 11.1 Å². The van der Waals surface area contributed by atoms with Crippen molar-refractivity contribution in [1.82, 2.24) is 0 Å². The van der Waals surface area contributed by atoms with E-state index in [0.717, 1.165) is 64.2 Å². The zero-order valence-electron chi connectivity index (χ0n) is 17.3. The highest BCUT2D eigenvalue weighted by atomic mass is 16.5. The van der Waals surface area contributed by atoms with Crippen LogP contribution < -0.4 is 0 Å². The first-order valence-electron chi connectivity index (χ1n) is 10.6. The Labute approximate surface area is 159 Å². The summed E-state index contributed by atoms with van der Waals surface area (Å²) >= 11 is 0. The van der Waals surface area contributed by atoms with Gasteiger partial charge in [0, 0.05) is 0 Å². The third kappa shape index (κ3) is 7.51. The van der Waals surface area contributed by atoms with Crippen LogP contribution in [0.3, 0.4) is 0 Å². The minimum absolute atomic E-state index is 0.0528. The fraction of sp³-hybridized carbons (Fsp3) is 0.818. The van der Waals surface area contributed by atoms with E-state index in [2.05, 4.69) is 13.8 Å². The number of unbranched alkanes of at least 4 members (excludes halogenated alkanes) is 6. The molecule has 0 aliphatic heterocycles. The van der Waals surface area contributed by atoms with Crippen molar-refractivity contribution in [3.63, 3.8) is 0 Å². The molecule has 0 aromatic carbocycles. The molecule has 4 heteroatoms. The molecule has 0 saturated heterocycles. The average molecular weight is 367 g/mol. The lowest BCUT2D eigenvalue weighted by Gasteiger charge is -2.28. The molecule has 0 radical (unpaired) electrons. The molecule has 0 aromatic rings. The summed E-state index contributed by atoms with van der Waals surface area (Å²) in [5.74, 6) is -0.536. The molecule has 0 saturated carbocycles. The van der Waals surface area contributed by atoms with E-state index in [1.54, 1.807) is 0 Å². The molecule has 150 valence electrons. The topological polar surface area (TPSA) is 52.6 Å². The zero-order chi connectivity index (χ0) is 19.4. The van der Waals surface area contributed by atoms with Crippen LogP contribution in [-0.2, 0) is 19.1 Å². The summed E-state index contributed by atoms with van der Waals surface area (Å²) in [7, 11) is 0. The maximum absolute atomic E-state index is 12.6. The Morgan fingerprint density at radius 1 is 0.731 bits per heavy atom. The van der Waals surface area contributed by atoms with E-state index >= 15 is 0 Å². The summed E-state index contributed by atoms with van der Waals surface area (Å²) in [4.78, 5) is 25.3. The van der Waals surface area contributed by atoms with Crippen molar-refractivity contribution in [3.8, 4) is 0 Å². The van der Waals surface area contributed by atoms with Gasteiger partial charge in [0.15, 0.2) is 0 Å². The molecule has 1 rings (SSSR count). The van der Waals surface area contributed by atoms with Crippen molar-refractivity contribution >= 4 is 11.9 Å². The Morgan fingerprint density at radius 3 is 1.46 bits per heavy atom. The van der Waals surface area contributed by atoms with Gasteiger partial charge in [-0.15, -0.1) is 0 Å². The minimum atomic E-state index is -0.321. The van der Waals surface area contributed by atoms with Crippen molar-refractivity contribution in [2.75, 3.05) is 13.2 Å². The van der Waals surface area contributed by atoms with Crippen LogP contribution in [0.25, 0.3) is 0 Å². The molecule has 26 heavy (non-hydrogen) atoms. The van der Waals surface area contributed by atoms with E-state index in [1.807, 2.05) is 13.8 Å². The summed E-state index contributed by atoms with van der Waals surface area (Å²) in [6.45, 7) is 9.19. The van der Waals surface area contributed by atoms with Crippen molar-refractivity contribution in [2.24, 2.45) is 11.8 Å². The van der Waals surface area contributed by atoms with E-state index in [9.17, 15) is 9.59 Å². The van der Waals surface area contributed by atoms with Crippen LogP contribution in [-0.4, -0.2) is 25.2 Å². The lowest BCUT2D eigenvalue weighted by Crippen LogP contribution is -2.28. The molecular weight excluding hydrogens is 328 g/mol. The van der Waals surface area contributed by atoms with Gasteiger partial charge in [-0.25, -0.2) is 9.59 Å². The Bertz CT molecular complexity index is 425. The summed E-state index contributed by atoms with van der Waals surface area (Å²) in [6.07, 6.45) is 10.4. The van der Waals surface area contributed by atoms with Gasteiger partial charge < -0.3 is 9.47 Å². The fourth-order valence-electron chi connectivity index (χ4n) is 3.48. The molecule has 0 amide bonds. The number of hydrogen-bond donors (Lipinski definition) is 0. The predicted octanol–water partition coefficient (Wildman–Crippen LogP) is 5.60. The van der Waals surface area contributed by atoms with Crippen molar-refractivity contribution < 1.29 is 19.1 Å². The fourth-order valence-corrected chi connectivity index (χ4v) is 3.48. The minimum Gasteiger partial charge on any atom is -0.462 e. The highest BCUT2D eigenvalue weighted by Gasteiger charge is 2.34. The predicted molar refractivity (Wildman–Crippen MR) is 105 cm³/mol.